The van der Waals surface area contributed by atoms with E-state index in [1.165, 1.54) is 4.90 Å². The predicted molar refractivity (Wildman–Crippen MR) is 123 cm³/mol. The molecule has 0 unspecified atom stereocenters. The molecule has 0 aromatic heterocycles. The third-order valence-corrected chi connectivity index (χ3v) is 5.26. The van der Waals surface area contributed by atoms with Gasteiger partial charge in [-0.2, -0.15) is 0 Å². The maximum atomic E-state index is 13.0. The maximum absolute atomic E-state index is 13.0. The fourth-order valence-corrected chi connectivity index (χ4v) is 3.67. The Morgan fingerprint density at radius 3 is 2.16 bits per heavy atom. The van der Waals surface area contributed by atoms with E-state index in [0.717, 1.165) is 5.56 Å². The van der Waals surface area contributed by atoms with Crippen LogP contribution in [0.4, 0.5) is 0 Å². The largest absolute Gasteiger partial charge is 0.507 e. The Kier molecular flexibility index (Phi) is 7.20. The summed E-state index contributed by atoms with van der Waals surface area (Å²) in [4.78, 5) is 29.4. The third kappa shape index (κ3) is 4.94. The Hall–Kier alpha value is -3.32. The molecule has 1 aliphatic rings. The van der Waals surface area contributed by atoms with Crippen molar-refractivity contribution in [2.75, 3.05) is 34.3 Å². The van der Waals surface area contributed by atoms with Gasteiger partial charge in [-0.15, -0.1) is 0 Å². The molecule has 1 atom stereocenters. The molecule has 0 bridgehead atoms. The number of ether oxygens (including phenoxy) is 2. The molecule has 0 spiro atoms. The van der Waals surface area contributed by atoms with E-state index in [1.54, 1.807) is 43.5 Å². The number of amides is 1. The first-order chi connectivity index (χ1) is 15.2. The number of aliphatic hydroxyl groups is 1. The van der Waals surface area contributed by atoms with E-state index >= 15 is 0 Å². The predicted octanol–water partition coefficient (Wildman–Crippen LogP) is 3.47. The van der Waals surface area contributed by atoms with Crippen molar-refractivity contribution in [1.82, 2.24) is 9.80 Å². The second-order valence-corrected chi connectivity index (χ2v) is 8.26. The number of carbonyl (C=O) groups is 2. The molecule has 1 saturated heterocycles. The first-order valence-corrected chi connectivity index (χ1v) is 10.6. The zero-order valence-electron chi connectivity index (χ0n) is 19.2. The van der Waals surface area contributed by atoms with Crippen LogP contribution in [0.3, 0.4) is 0 Å². The molecule has 3 rings (SSSR count). The van der Waals surface area contributed by atoms with Crippen LogP contribution in [-0.4, -0.2) is 67.0 Å². The van der Waals surface area contributed by atoms with Gasteiger partial charge in [0.2, 0.25) is 0 Å². The van der Waals surface area contributed by atoms with E-state index in [9.17, 15) is 14.7 Å². The van der Waals surface area contributed by atoms with Crippen molar-refractivity contribution in [1.29, 1.82) is 0 Å². The van der Waals surface area contributed by atoms with E-state index in [1.807, 2.05) is 45.0 Å². The van der Waals surface area contributed by atoms with Crippen LogP contribution in [0.25, 0.3) is 5.76 Å². The van der Waals surface area contributed by atoms with E-state index in [2.05, 4.69) is 0 Å². The molecule has 1 fully saturated rings. The highest BCUT2D eigenvalue weighted by Gasteiger charge is 2.45. The lowest BCUT2D eigenvalue weighted by molar-refractivity contribution is -0.140. The van der Waals surface area contributed by atoms with Crippen LogP contribution in [0.15, 0.2) is 54.1 Å². The normalized spacial score (nSPS) is 18.0. The molecule has 0 saturated carbocycles. The van der Waals surface area contributed by atoms with Crippen LogP contribution in [0, 0.1) is 0 Å². The van der Waals surface area contributed by atoms with Crippen molar-refractivity contribution < 1.29 is 24.2 Å². The van der Waals surface area contributed by atoms with Gasteiger partial charge in [0, 0.05) is 18.7 Å². The summed E-state index contributed by atoms with van der Waals surface area (Å²) in [5.41, 5.74) is 1.26. The van der Waals surface area contributed by atoms with Gasteiger partial charge in [-0.05, 0) is 69.9 Å². The van der Waals surface area contributed by atoms with Crippen LogP contribution >= 0.6 is 0 Å². The Balaban J connectivity index is 2.06. The molecule has 1 heterocycles. The summed E-state index contributed by atoms with van der Waals surface area (Å²) in [6.45, 7) is 4.79. The van der Waals surface area contributed by atoms with Crippen molar-refractivity contribution >= 4 is 17.4 Å². The Bertz CT molecular complexity index is 994. The fraction of sp³-hybridized carbons (Fsp3) is 0.360. The highest BCUT2D eigenvalue weighted by molar-refractivity contribution is 6.46. The van der Waals surface area contributed by atoms with Gasteiger partial charge >= 0.3 is 0 Å². The SMILES string of the molecule is COc1ccc([C@@H]2/C(=C(\O)c3ccc(OC(C)C)cc3)C(=O)C(=O)N2CCN(C)C)cc1. The van der Waals surface area contributed by atoms with Crippen molar-refractivity contribution in [2.24, 2.45) is 0 Å². The highest BCUT2D eigenvalue weighted by Crippen LogP contribution is 2.39. The van der Waals surface area contributed by atoms with Crippen molar-refractivity contribution in [3.63, 3.8) is 0 Å². The smallest absolute Gasteiger partial charge is 0.295 e. The number of rotatable bonds is 8. The van der Waals surface area contributed by atoms with E-state index < -0.39 is 17.7 Å². The average molecular weight is 439 g/mol. The summed E-state index contributed by atoms with van der Waals surface area (Å²) in [6, 6.07) is 13.3. The topological polar surface area (TPSA) is 79.3 Å². The van der Waals surface area contributed by atoms with Gasteiger partial charge in [0.15, 0.2) is 0 Å². The van der Waals surface area contributed by atoms with Crippen LogP contribution in [0.2, 0.25) is 0 Å². The Morgan fingerprint density at radius 1 is 1.03 bits per heavy atom. The van der Waals surface area contributed by atoms with Gasteiger partial charge in [-0.25, -0.2) is 0 Å². The molecule has 1 aliphatic heterocycles. The molecule has 7 nitrogen and oxygen atoms in total. The number of Topliss-reactive ketones (excluding diaryl/α,β-unsaturated/α-hetero) is 1. The number of carbonyl (C=O) groups excluding carboxylic acids is 2. The first kappa shape index (κ1) is 23.3. The third-order valence-electron chi connectivity index (χ3n) is 5.26. The lowest BCUT2D eigenvalue weighted by atomic mass is 9.95. The summed E-state index contributed by atoms with van der Waals surface area (Å²) in [7, 11) is 5.38. The summed E-state index contributed by atoms with van der Waals surface area (Å²) in [5.74, 6) is -0.180. The number of likely N-dealkylation sites (N-methyl/N-ethyl adjacent to an activating group) is 1. The van der Waals surface area contributed by atoms with Gasteiger partial charge in [0.25, 0.3) is 11.7 Å². The number of likely N-dealkylation sites (tertiary alicyclic amines) is 1. The Labute approximate surface area is 188 Å². The van der Waals surface area contributed by atoms with Crippen molar-refractivity contribution in [3.8, 4) is 11.5 Å². The zero-order chi connectivity index (χ0) is 23.4. The number of hydrogen-bond donors (Lipinski definition) is 1. The van der Waals surface area contributed by atoms with Crippen LogP contribution < -0.4 is 9.47 Å². The summed E-state index contributed by atoms with van der Waals surface area (Å²) in [6.07, 6.45) is 0.0199. The van der Waals surface area contributed by atoms with Crippen LogP contribution in [0.5, 0.6) is 11.5 Å². The molecular weight excluding hydrogens is 408 g/mol. The van der Waals surface area contributed by atoms with Gasteiger partial charge in [-0.1, -0.05) is 12.1 Å². The minimum Gasteiger partial charge on any atom is -0.507 e. The number of methoxy groups -OCH3 is 1. The fourth-order valence-electron chi connectivity index (χ4n) is 3.67. The second-order valence-electron chi connectivity index (χ2n) is 8.26. The molecule has 0 radical (unpaired) electrons. The number of nitrogens with zero attached hydrogens (tertiary/aromatic N) is 2. The lowest BCUT2D eigenvalue weighted by Gasteiger charge is -2.26. The second kappa shape index (κ2) is 9.87. The summed E-state index contributed by atoms with van der Waals surface area (Å²) < 4.78 is 10.9. The first-order valence-electron chi connectivity index (χ1n) is 10.6. The molecule has 7 heteroatoms. The molecule has 2 aromatic rings. The van der Waals surface area contributed by atoms with Gasteiger partial charge < -0.3 is 24.4 Å². The van der Waals surface area contributed by atoms with E-state index in [-0.39, 0.29) is 17.4 Å². The van der Waals surface area contributed by atoms with E-state index in [4.69, 9.17) is 9.47 Å². The minimum atomic E-state index is -0.690. The molecule has 0 aliphatic carbocycles. The zero-order valence-corrected chi connectivity index (χ0v) is 19.2. The van der Waals surface area contributed by atoms with E-state index in [0.29, 0.717) is 30.2 Å². The van der Waals surface area contributed by atoms with Gasteiger partial charge in [-0.3, -0.25) is 9.59 Å². The molecular formula is C25H30N2O5. The molecule has 2 aromatic carbocycles. The number of hydrogen-bond acceptors (Lipinski definition) is 6. The lowest BCUT2D eigenvalue weighted by Crippen LogP contribution is -2.35. The highest BCUT2D eigenvalue weighted by atomic mass is 16.5. The number of benzene rings is 2. The maximum Gasteiger partial charge on any atom is 0.295 e. The molecule has 32 heavy (non-hydrogen) atoms. The van der Waals surface area contributed by atoms with Crippen LogP contribution in [0.1, 0.15) is 31.0 Å². The Morgan fingerprint density at radius 2 is 1.62 bits per heavy atom. The number of aliphatic hydroxyl groups excluding tert-OH is 1. The average Bonchev–Trinajstić information content (AvgIpc) is 3.02. The molecule has 1 N–H and O–H groups in total. The number of ketones is 1. The minimum absolute atomic E-state index is 0.0199. The molecule has 170 valence electrons. The molecule has 1 amide bonds. The van der Waals surface area contributed by atoms with Gasteiger partial charge in [0.05, 0.1) is 24.8 Å². The standard InChI is InChI=1S/C25H30N2O5/c1-16(2)32-20-12-8-18(9-13-20)23(28)21-22(17-6-10-19(31-5)11-7-17)27(15-14-26(3)4)25(30)24(21)29/h6-13,16,22,28H,14-15H2,1-5H3/b23-21+/t22-/m1/s1. The quantitative estimate of drug-likeness (QED) is 0.386. The van der Waals surface area contributed by atoms with Gasteiger partial charge in [0.1, 0.15) is 17.3 Å². The summed E-state index contributed by atoms with van der Waals surface area (Å²) in [5, 5.41) is 11.1. The summed E-state index contributed by atoms with van der Waals surface area (Å²) >= 11 is 0. The van der Waals surface area contributed by atoms with Crippen LogP contribution in [-0.2, 0) is 9.59 Å². The monoisotopic (exact) mass is 438 g/mol. The van der Waals surface area contributed by atoms with Crippen molar-refractivity contribution in [2.45, 2.75) is 26.0 Å². The van der Waals surface area contributed by atoms with Crippen molar-refractivity contribution in [3.05, 3.63) is 65.2 Å².